The Morgan fingerprint density at radius 2 is 1.67 bits per heavy atom. The van der Waals surface area contributed by atoms with Crippen molar-refractivity contribution in [1.29, 1.82) is 0 Å². The third-order valence-electron chi connectivity index (χ3n) is 6.44. The lowest BCUT2D eigenvalue weighted by molar-refractivity contribution is -0.132. The van der Waals surface area contributed by atoms with E-state index in [0.29, 0.717) is 29.2 Å². The maximum Gasteiger partial charge on any atom is 0.300 e. The van der Waals surface area contributed by atoms with Crippen LogP contribution in [0.4, 0.5) is 5.69 Å². The molecular formula is C29H30N2O7S. The summed E-state index contributed by atoms with van der Waals surface area (Å²) in [6, 6.07) is 17.7. The van der Waals surface area contributed by atoms with Gasteiger partial charge in [0.25, 0.3) is 11.7 Å². The number of amides is 1. The summed E-state index contributed by atoms with van der Waals surface area (Å²) in [6.07, 6.45) is 3.08. The number of benzene rings is 3. The molecule has 1 unspecified atom stereocenters. The van der Waals surface area contributed by atoms with E-state index >= 15 is 0 Å². The zero-order valence-electron chi connectivity index (χ0n) is 21.7. The van der Waals surface area contributed by atoms with E-state index in [2.05, 4.69) is 6.92 Å². The van der Waals surface area contributed by atoms with E-state index in [1.165, 1.54) is 36.3 Å². The minimum Gasteiger partial charge on any atom is -0.507 e. The van der Waals surface area contributed by atoms with Gasteiger partial charge < -0.3 is 14.6 Å². The van der Waals surface area contributed by atoms with E-state index < -0.39 is 27.8 Å². The highest BCUT2D eigenvalue weighted by Gasteiger charge is 2.47. The van der Waals surface area contributed by atoms with Gasteiger partial charge in [-0.2, -0.15) is 0 Å². The zero-order chi connectivity index (χ0) is 28.2. The van der Waals surface area contributed by atoms with Crippen LogP contribution in [-0.2, 0) is 19.6 Å². The Kier molecular flexibility index (Phi) is 8.37. The van der Waals surface area contributed by atoms with Crippen LogP contribution in [0.2, 0.25) is 0 Å². The Morgan fingerprint density at radius 3 is 2.28 bits per heavy atom. The first-order valence-electron chi connectivity index (χ1n) is 12.5. The van der Waals surface area contributed by atoms with E-state index in [1.807, 2.05) is 0 Å². The van der Waals surface area contributed by atoms with Gasteiger partial charge in [0.05, 0.1) is 30.2 Å². The van der Waals surface area contributed by atoms with Crippen LogP contribution in [0.5, 0.6) is 11.5 Å². The van der Waals surface area contributed by atoms with Gasteiger partial charge in [-0.15, -0.1) is 0 Å². The fraction of sp³-hybridized carbons (Fsp3) is 0.241. The van der Waals surface area contributed by atoms with Crippen molar-refractivity contribution in [3.8, 4) is 11.5 Å². The van der Waals surface area contributed by atoms with Gasteiger partial charge in [0.1, 0.15) is 17.3 Å². The van der Waals surface area contributed by atoms with E-state index in [0.717, 1.165) is 19.3 Å². The Morgan fingerprint density at radius 1 is 0.974 bits per heavy atom. The first-order chi connectivity index (χ1) is 18.7. The number of nitrogens with zero attached hydrogens (tertiary/aromatic N) is 1. The zero-order valence-corrected chi connectivity index (χ0v) is 22.5. The molecule has 1 aliphatic heterocycles. The minimum atomic E-state index is -3.96. The van der Waals surface area contributed by atoms with Gasteiger partial charge in [-0.1, -0.05) is 31.9 Å². The number of ketones is 1. The van der Waals surface area contributed by atoms with Crippen LogP contribution < -0.4 is 19.5 Å². The van der Waals surface area contributed by atoms with Crippen LogP contribution in [0.3, 0.4) is 0 Å². The number of primary sulfonamides is 1. The summed E-state index contributed by atoms with van der Waals surface area (Å²) in [4.78, 5) is 27.8. The Bertz CT molecular complexity index is 1500. The number of unbranched alkanes of at least 4 members (excludes halogenated alkanes) is 2. The van der Waals surface area contributed by atoms with E-state index in [9.17, 15) is 23.1 Å². The van der Waals surface area contributed by atoms with E-state index in [-0.39, 0.29) is 21.9 Å². The van der Waals surface area contributed by atoms with Crippen molar-refractivity contribution in [3.63, 3.8) is 0 Å². The van der Waals surface area contributed by atoms with Crippen LogP contribution >= 0.6 is 0 Å². The second-order valence-electron chi connectivity index (χ2n) is 9.06. The number of aliphatic hydroxyl groups excluding tert-OH is 1. The van der Waals surface area contributed by atoms with Crippen molar-refractivity contribution >= 4 is 33.2 Å². The maximum atomic E-state index is 13.4. The number of ether oxygens (including phenoxy) is 2. The van der Waals surface area contributed by atoms with Crippen LogP contribution in [0.25, 0.3) is 5.76 Å². The Hall–Kier alpha value is -4.15. The second kappa shape index (κ2) is 11.7. The lowest BCUT2D eigenvalue weighted by Crippen LogP contribution is -2.29. The molecule has 0 saturated carbocycles. The van der Waals surface area contributed by atoms with Gasteiger partial charge in [-0.05, 0) is 72.6 Å². The average molecular weight is 551 g/mol. The molecule has 0 bridgehead atoms. The number of Topliss-reactive ketones (excluding diaryl/α,β-unsaturated/α-hetero) is 1. The monoisotopic (exact) mass is 550 g/mol. The van der Waals surface area contributed by atoms with Crippen LogP contribution in [0.15, 0.2) is 83.3 Å². The molecule has 0 spiro atoms. The summed E-state index contributed by atoms with van der Waals surface area (Å²) in [7, 11) is -2.47. The number of hydrogen-bond acceptors (Lipinski definition) is 7. The first-order valence-corrected chi connectivity index (χ1v) is 14.0. The highest BCUT2D eigenvalue weighted by Crippen LogP contribution is 2.43. The summed E-state index contributed by atoms with van der Waals surface area (Å²) in [5.74, 6) is -0.976. The van der Waals surface area contributed by atoms with Gasteiger partial charge >= 0.3 is 0 Å². The van der Waals surface area contributed by atoms with Gasteiger partial charge in [0.2, 0.25) is 10.0 Å². The van der Waals surface area contributed by atoms with Crippen molar-refractivity contribution in [1.82, 2.24) is 0 Å². The summed E-state index contributed by atoms with van der Waals surface area (Å²) < 4.78 is 34.5. The molecule has 0 aliphatic carbocycles. The number of nitrogens with two attached hydrogens (primary N) is 1. The number of aliphatic hydroxyl groups is 1. The normalized spacial score (nSPS) is 16.9. The molecule has 3 aromatic carbocycles. The van der Waals surface area contributed by atoms with Crippen LogP contribution in [0.1, 0.15) is 43.4 Å². The predicted molar refractivity (Wildman–Crippen MR) is 147 cm³/mol. The fourth-order valence-electron chi connectivity index (χ4n) is 4.43. The SMILES string of the molecule is CCCCCOc1ccc(/C(O)=C2\C(=O)C(=O)N(c3ccc(S(N)(=O)=O)cc3)C2c2cccc(OC)c2)cc1. The third-order valence-corrected chi connectivity index (χ3v) is 7.37. The molecule has 4 rings (SSSR count). The molecule has 1 atom stereocenters. The third kappa shape index (κ3) is 5.97. The van der Waals surface area contributed by atoms with Crippen molar-refractivity contribution < 1.29 is 32.6 Å². The van der Waals surface area contributed by atoms with Crippen molar-refractivity contribution in [2.45, 2.75) is 37.1 Å². The van der Waals surface area contributed by atoms with E-state index in [1.54, 1.807) is 48.5 Å². The lowest BCUT2D eigenvalue weighted by Gasteiger charge is -2.26. The molecule has 1 heterocycles. The summed E-state index contributed by atoms with van der Waals surface area (Å²) >= 11 is 0. The molecule has 0 aromatic heterocycles. The largest absolute Gasteiger partial charge is 0.507 e. The average Bonchev–Trinajstić information content (AvgIpc) is 3.20. The van der Waals surface area contributed by atoms with E-state index in [4.69, 9.17) is 14.6 Å². The Balaban J connectivity index is 1.78. The molecule has 1 fully saturated rings. The number of carbonyl (C=O) groups is 2. The first kappa shape index (κ1) is 27.9. The molecule has 9 nitrogen and oxygen atoms in total. The smallest absolute Gasteiger partial charge is 0.300 e. The molecule has 10 heteroatoms. The number of hydrogen-bond donors (Lipinski definition) is 2. The molecule has 204 valence electrons. The lowest BCUT2D eigenvalue weighted by atomic mass is 9.95. The molecule has 1 saturated heterocycles. The summed E-state index contributed by atoms with van der Waals surface area (Å²) in [6.45, 7) is 2.68. The molecular weight excluding hydrogens is 520 g/mol. The fourth-order valence-corrected chi connectivity index (χ4v) is 4.94. The summed E-state index contributed by atoms with van der Waals surface area (Å²) in [5.41, 5.74) is 1.00. The van der Waals surface area contributed by atoms with Gasteiger partial charge in [0.15, 0.2) is 0 Å². The number of sulfonamides is 1. The molecule has 39 heavy (non-hydrogen) atoms. The van der Waals surface area contributed by atoms with Crippen LogP contribution in [-0.4, -0.2) is 38.9 Å². The standard InChI is InChI=1S/C29H30N2O7S/c1-3-4-5-17-38-22-13-9-19(10-14-22)27(32)25-26(20-7-6-8-23(18-20)37-2)31(29(34)28(25)33)21-11-15-24(16-12-21)39(30,35)36/h6-16,18,26,32H,3-5,17H2,1-2H3,(H2,30,35,36)/b27-25+. The molecule has 3 N–H and O–H groups in total. The minimum absolute atomic E-state index is 0.111. The maximum absolute atomic E-state index is 13.4. The number of carbonyl (C=O) groups excluding carboxylic acids is 2. The highest BCUT2D eigenvalue weighted by atomic mass is 32.2. The molecule has 3 aromatic rings. The van der Waals surface area contributed by atoms with Crippen molar-refractivity contribution in [3.05, 3.63) is 89.5 Å². The molecule has 1 amide bonds. The number of rotatable bonds is 10. The van der Waals surface area contributed by atoms with Gasteiger partial charge in [0, 0.05) is 11.3 Å². The summed E-state index contributed by atoms with van der Waals surface area (Å²) in [5, 5.41) is 16.5. The van der Waals surface area contributed by atoms with Gasteiger partial charge in [-0.3, -0.25) is 14.5 Å². The Labute approximate surface area is 227 Å². The van der Waals surface area contributed by atoms with Crippen molar-refractivity contribution in [2.75, 3.05) is 18.6 Å². The molecule has 1 aliphatic rings. The highest BCUT2D eigenvalue weighted by molar-refractivity contribution is 7.89. The predicted octanol–water partition coefficient (Wildman–Crippen LogP) is 4.54. The van der Waals surface area contributed by atoms with Gasteiger partial charge in [-0.25, -0.2) is 13.6 Å². The number of methoxy groups -OCH3 is 1. The molecule has 0 radical (unpaired) electrons. The van der Waals surface area contributed by atoms with Crippen molar-refractivity contribution in [2.24, 2.45) is 5.14 Å². The second-order valence-corrected chi connectivity index (χ2v) is 10.6. The van der Waals surface area contributed by atoms with Crippen LogP contribution in [0, 0.1) is 0 Å². The topological polar surface area (TPSA) is 136 Å². The quantitative estimate of drug-likeness (QED) is 0.164. The number of anilines is 1.